The van der Waals surface area contributed by atoms with Crippen LogP contribution >= 0.6 is 22.6 Å². The monoisotopic (exact) mass is 360 g/mol. The number of benzene rings is 1. The molecule has 0 aliphatic rings. The molecule has 0 saturated heterocycles. The van der Waals surface area contributed by atoms with Crippen molar-refractivity contribution in [2.24, 2.45) is 0 Å². The summed E-state index contributed by atoms with van der Waals surface area (Å²) < 4.78 is 1.39. The molecule has 1 aromatic rings. The highest BCUT2D eigenvalue weighted by Gasteiger charge is 2.02. The summed E-state index contributed by atoms with van der Waals surface area (Å²) in [5.41, 5.74) is 2.79. The minimum absolute atomic E-state index is 0.984. The SMILES string of the molecule is CCN(CC)CCCNCc1cccc(C)c1I. The summed E-state index contributed by atoms with van der Waals surface area (Å²) in [7, 11) is 0. The molecular formula is C15H25IN2. The summed E-state index contributed by atoms with van der Waals surface area (Å²) in [6.07, 6.45) is 1.23. The largest absolute Gasteiger partial charge is 0.313 e. The van der Waals surface area contributed by atoms with Crippen molar-refractivity contribution in [1.82, 2.24) is 10.2 Å². The zero-order valence-electron chi connectivity index (χ0n) is 11.8. The van der Waals surface area contributed by atoms with Crippen molar-refractivity contribution >= 4 is 22.6 Å². The Morgan fingerprint density at radius 2 is 1.94 bits per heavy atom. The van der Waals surface area contributed by atoms with Crippen LogP contribution < -0.4 is 5.32 Å². The summed E-state index contributed by atoms with van der Waals surface area (Å²) in [4.78, 5) is 2.47. The maximum Gasteiger partial charge on any atom is 0.0216 e. The summed E-state index contributed by atoms with van der Waals surface area (Å²) in [6.45, 7) is 12.2. The molecule has 3 heteroatoms. The Morgan fingerprint density at radius 1 is 1.22 bits per heavy atom. The van der Waals surface area contributed by atoms with Gasteiger partial charge >= 0.3 is 0 Å². The van der Waals surface area contributed by atoms with E-state index in [2.05, 4.69) is 71.8 Å². The summed E-state index contributed by atoms with van der Waals surface area (Å²) in [5, 5.41) is 3.54. The Morgan fingerprint density at radius 3 is 2.61 bits per heavy atom. The number of hydrogen-bond donors (Lipinski definition) is 1. The minimum atomic E-state index is 0.984. The van der Waals surface area contributed by atoms with Gasteiger partial charge in [0.25, 0.3) is 0 Å². The van der Waals surface area contributed by atoms with E-state index in [-0.39, 0.29) is 0 Å². The molecule has 0 aliphatic heterocycles. The second-order valence-electron chi connectivity index (χ2n) is 4.61. The highest BCUT2D eigenvalue weighted by atomic mass is 127. The maximum absolute atomic E-state index is 3.54. The van der Waals surface area contributed by atoms with Crippen molar-refractivity contribution < 1.29 is 0 Å². The van der Waals surface area contributed by atoms with Gasteiger partial charge in [-0.25, -0.2) is 0 Å². The Bertz CT molecular complexity index is 348. The molecule has 18 heavy (non-hydrogen) atoms. The van der Waals surface area contributed by atoms with Gasteiger partial charge in [-0.3, -0.25) is 0 Å². The summed E-state index contributed by atoms with van der Waals surface area (Å²) in [5.74, 6) is 0. The van der Waals surface area contributed by atoms with Crippen molar-refractivity contribution in [3.8, 4) is 0 Å². The average molecular weight is 360 g/mol. The highest BCUT2D eigenvalue weighted by Crippen LogP contribution is 2.16. The topological polar surface area (TPSA) is 15.3 Å². The molecule has 0 amide bonds. The quantitative estimate of drug-likeness (QED) is 0.565. The van der Waals surface area contributed by atoms with Gasteiger partial charge in [0.15, 0.2) is 0 Å². The third-order valence-electron chi connectivity index (χ3n) is 3.31. The minimum Gasteiger partial charge on any atom is -0.313 e. The van der Waals surface area contributed by atoms with Gasteiger partial charge < -0.3 is 10.2 Å². The maximum atomic E-state index is 3.54. The van der Waals surface area contributed by atoms with Crippen LogP contribution in [-0.4, -0.2) is 31.1 Å². The van der Waals surface area contributed by atoms with Crippen LogP contribution in [0.2, 0.25) is 0 Å². The van der Waals surface area contributed by atoms with Crippen LogP contribution in [0.3, 0.4) is 0 Å². The van der Waals surface area contributed by atoms with Gasteiger partial charge in [-0.15, -0.1) is 0 Å². The molecule has 1 aromatic carbocycles. The molecule has 0 heterocycles. The molecule has 0 spiro atoms. The Labute approximate surface area is 125 Å². The molecule has 0 unspecified atom stereocenters. The van der Waals surface area contributed by atoms with Crippen LogP contribution in [0.15, 0.2) is 18.2 Å². The lowest BCUT2D eigenvalue weighted by Crippen LogP contribution is -2.27. The van der Waals surface area contributed by atoms with Gasteiger partial charge in [0, 0.05) is 10.1 Å². The van der Waals surface area contributed by atoms with Crippen LogP contribution in [0.5, 0.6) is 0 Å². The second-order valence-corrected chi connectivity index (χ2v) is 5.68. The fourth-order valence-corrected chi connectivity index (χ4v) is 2.59. The molecular weight excluding hydrogens is 335 g/mol. The normalized spacial score (nSPS) is 11.2. The molecule has 1 rings (SSSR count). The van der Waals surface area contributed by atoms with E-state index in [1.807, 2.05) is 0 Å². The molecule has 0 fully saturated rings. The zero-order valence-corrected chi connectivity index (χ0v) is 14.0. The van der Waals surface area contributed by atoms with Crippen LogP contribution in [0, 0.1) is 10.5 Å². The first-order valence-electron chi connectivity index (χ1n) is 6.86. The average Bonchev–Trinajstić information content (AvgIpc) is 2.38. The van der Waals surface area contributed by atoms with Gasteiger partial charge in [0.2, 0.25) is 0 Å². The Kier molecular flexibility index (Phi) is 7.86. The van der Waals surface area contributed by atoms with Crippen molar-refractivity contribution in [2.45, 2.75) is 33.7 Å². The van der Waals surface area contributed by atoms with E-state index in [1.54, 1.807) is 0 Å². The lowest BCUT2D eigenvalue weighted by Gasteiger charge is -2.17. The van der Waals surface area contributed by atoms with Crippen molar-refractivity contribution in [3.63, 3.8) is 0 Å². The smallest absolute Gasteiger partial charge is 0.0216 e. The molecule has 0 radical (unpaired) electrons. The van der Waals surface area contributed by atoms with Crippen LogP contribution in [0.1, 0.15) is 31.4 Å². The molecule has 0 atom stereocenters. The fourth-order valence-electron chi connectivity index (χ4n) is 2.04. The van der Waals surface area contributed by atoms with Gasteiger partial charge in [0.05, 0.1) is 0 Å². The van der Waals surface area contributed by atoms with Gasteiger partial charge in [-0.2, -0.15) is 0 Å². The molecule has 102 valence electrons. The van der Waals surface area contributed by atoms with Crippen molar-refractivity contribution in [3.05, 3.63) is 32.9 Å². The lowest BCUT2D eigenvalue weighted by molar-refractivity contribution is 0.298. The van der Waals surface area contributed by atoms with Gasteiger partial charge in [-0.05, 0) is 73.2 Å². The van der Waals surface area contributed by atoms with E-state index in [4.69, 9.17) is 0 Å². The predicted molar refractivity (Wildman–Crippen MR) is 88.0 cm³/mol. The zero-order chi connectivity index (χ0) is 13.4. The summed E-state index contributed by atoms with van der Waals surface area (Å²) in [6, 6.07) is 6.53. The molecule has 0 saturated carbocycles. The number of hydrogen-bond acceptors (Lipinski definition) is 2. The molecule has 2 nitrogen and oxygen atoms in total. The third-order valence-corrected chi connectivity index (χ3v) is 4.85. The van der Waals surface area contributed by atoms with Crippen LogP contribution in [-0.2, 0) is 6.54 Å². The molecule has 0 aliphatic carbocycles. The first kappa shape index (κ1) is 15.9. The third kappa shape index (κ3) is 5.24. The molecule has 0 aromatic heterocycles. The van der Waals surface area contributed by atoms with Crippen molar-refractivity contribution in [1.29, 1.82) is 0 Å². The first-order chi connectivity index (χ1) is 8.69. The Hall–Kier alpha value is -0.130. The van der Waals surface area contributed by atoms with E-state index < -0.39 is 0 Å². The number of nitrogens with zero attached hydrogens (tertiary/aromatic N) is 1. The fraction of sp³-hybridized carbons (Fsp3) is 0.600. The highest BCUT2D eigenvalue weighted by molar-refractivity contribution is 14.1. The summed E-state index contributed by atoms with van der Waals surface area (Å²) >= 11 is 2.44. The lowest BCUT2D eigenvalue weighted by atomic mass is 10.1. The number of nitrogens with one attached hydrogen (secondary N) is 1. The predicted octanol–water partition coefficient (Wildman–Crippen LogP) is 3.42. The van der Waals surface area contributed by atoms with E-state index in [0.717, 1.165) is 26.2 Å². The second kappa shape index (κ2) is 8.88. The van der Waals surface area contributed by atoms with E-state index in [1.165, 1.54) is 27.7 Å². The first-order valence-corrected chi connectivity index (χ1v) is 7.94. The van der Waals surface area contributed by atoms with Gasteiger partial charge in [-0.1, -0.05) is 32.0 Å². The van der Waals surface area contributed by atoms with E-state index in [9.17, 15) is 0 Å². The number of halogens is 1. The molecule has 0 bridgehead atoms. The number of aryl methyl sites for hydroxylation is 1. The standard InChI is InChI=1S/C15H25IN2/c1-4-18(5-2)11-7-10-17-12-14-9-6-8-13(3)15(14)16/h6,8-9,17H,4-5,7,10-12H2,1-3H3. The van der Waals surface area contributed by atoms with Crippen LogP contribution in [0.25, 0.3) is 0 Å². The molecule has 1 N–H and O–H groups in total. The van der Waals surface area contributed by atoms with Crippen LogP contribution in [0.4, 0.5) is 0 Å². The van der Waals surface area contributed by atoms with E-state index >= 15 is 0 Å². The number of rotatable bonds is 8. The van der Waals surface area contributed by atoms with E-state index in [0.29, 0.717) is 0 Å². The Balaban J connectivity index is 2.24. The van der Waals surface area contributed by atoms with Crippen molar-refractivity contribution in [2.75, 3.05) is 26.2 Å². The van der Waals surface area contributed by atoms with Gasteiger partial charge in [0.1, 0.15) is 0 Å².